The van der Waals surface area contributed by atoms with Crippen molar-refractivity contribution in [2.75, 3.05) is 18.5 Å². The van der Waals surface area contributed by atoms with Gasteiger partial charge in [-0.15, -0.1) is 11.3 Å². The van der Waals surface area contributed by atoms with Gasteiger partial charge in [0.1, 0.15) is 0 Å². The van der Waals surface area contributed by atoms with Gasteiger partial charge in [0.25, 0.3) is 0 Å². The summed E-state index contributed by atoms with van der Waals surface area (Å²) in [5.74, 6) is 1.82. The van der Waals surface area contributed by atoms with Crippen LogP contribution in [0.15, 0.2) is 72.4 Å². The predicted octanol–water partition coefficient (Wildman–Crippen LogP) is 6.58. The molecule has 2 aromatic carbocycles. The molecule has 3 N–H and O–H groups in total. The fourth-order valence-electron chi connectivity index (χ4n) is 4.90. The molecule has 0 radical (unpaired) electrons. The van der Waals surface area contributed by atoms with E-state index >= 15 is 0 Å². The van der Waals surface area contributed by atoms with E-state index in [-0.39, 0.29) is 5.78 Å². The van der Waals surface area contributed by atoms with E-state index < -0.39 is 0 Å². The van der Waals surface area contributed by atoms with Crippen LogP contribution in [0.2, 0.25) is 0 Å². The van der Waals surface area contributed by atoms with Crippen molar-refractivity contribution >= 4 is 49.7 Å². The molecule has 9 heteroatoms. The average Bonchev–Trinajstić information content (AvgIpc) is 3.75. The molecule has 1 saturated heterocycles. The van der Waals surface area contributed by atoms with E-state index in [1.54, 1.807) is 17.5 Å². The molecule has 8 nitrogen and oxygen atoms in total. The Bertz CT molecular complexity index is 1750. The van der Waals surface area contributed by atoms with Crippen molar-refractivity contribution < 1.29 is 9.53 Å². The van der Waals surface area contributed by atoms with Crippen LogP contribution in [-0.4, -0.2) is 44.1 Å². The molecule has 1 atom stereocenters. The second-order valence-electron chi connectivity index (χ2n) is 9.56. The Morgan fingerprint density at radius 1 is 1.05 bits per heavy atom. The zero-order valence-corrected chi connectivity index (χ0v) is 21.2. The van der Waals surface area contributed by atoms with Gasteiger partial charge in [-0.05, 0) is 53.6 Å². The Balaban J connectivity index is 1.18. The number of nitrogens with zero attached hydrogens (tertiary/aromatic N) is 3. The lowest BCUT2D eigenvalue weighted by molar-refractivity contribution is 0.0948. The number of nitrogens with one attached hydrogen (secondary N) is 3. The number of thiophene rings is 1. The largest absolute Gasteiger partial charge is 0.381 e. The number of aromatic amines is 2. The summed E-state index contributed by atoms with van der Waals surface area (Å²) in [6.07, 6.45) is 5.14. The third-order valence-electron chi connectivity index (χ3n) is 6.96. The number of rotatable bonds is 7. The summed E-state index contributed by atoms with van der Waals surface area (Å²) in [4.78, 5) is 25.9. The van der Waals surface area contributed by atoms with Crippen molar-refractivity contribution in [2.45, 2.75) is 12.8 Å². The second kappa shape index (κ2) is 9.51. The van der Waals surface area contributed by atoms with Gasteiger partial charge < -0.3 is 15.0 Å². The molecule has 38 heavy (non-hydrogen) atoms. The molecule has 0 spiro atoms. The Hall–Kier alpha value is -4.34. The summed E-state index contributed by atoms with van der Waals surface area (Å²) in [6.45, 7) is 1.42. The van der Waals surface area contributed by atoms with Gasteiger partial charge in [-0.2, -0.15) is 5.10 Å². The summed E-state index contributed by atoms with van der Waals surface area (Å²) in [6, 6.07) is 18.1. The summed E-state index contributed by atoms with van der Waals surface area (Å²) in [7, 11) is 0. The van der Waals surface area contributed by atoms with E-state index in [4.69, 9.17) is 14.7 Å². The molecule has 4 aromatic heterocycles. The summed E-state index contributed by atoms with van der Waals surface area (Å²) < 4.78 is 6.42. The standard InChI is InChI=1S/C29H24N6O2S/c36-26(11-17-7-9-37-16-17)25-12-19-1-2-20(13-24(19)33-25)28-34-23-8-10-38-27(23)29(35-28)32-22-5-3-18(4-6-22)21-14-30-31-15-21/h1-6,8,10,12-15,17,33H,7,9,11,16H2,(H,30,31)(H,32,34,35). The highest BCUT2D eigenvalue weighted by atomic mass is 32.1. The number of hydrogen-bond donors (Lipinski definition) is 3. The molecule has 5 heterocycles. The smallest absolute Gasteiger partial charge is 0.179 e. The lowest BCUT2D eigenvalue weighted by Crippen LogP contribution is -2.08. The van der Waals surface area contributed by atoms with E-state index in [2.05, 4.69) is 32.6 Å². The number of ether oxygens (including phenoxy) is 1. The molecule has 7 rings (SSSR count). The lowest BCUT2D eigenvalue weighted by atomic mass is 10.0. The quantitative estimate of drug-likeness (QED) is 0.205. The van der Waals surface area contributed by atoms with Crippen LogP contribution in [0.1, 0.15) is 23.3 Å². The minimum absolute atomic E-state index is 0.125. The Morgan fingerprint density at radius 2 is 1.95 bits per heavy atom. The molecule has 0 aliphatic carbocycles. The van der Waals surface area contributed by atoms with Gasteiger partial charge in [0, 0.05) is 53.5 Å². The van der Waals surface area contributed by atoms with Gasteiger partial charge in [-0.3, -0.25) is 9.89 Å². The maximum Gasteiger partial charge on any atom is 0.179 e. The van der Waals surface area contributed by atoms with Crippen molar-refractivity contribution in [2.24, 2.45) is 5.92 Å². The van der Waals surface area contributed by atoms with Gasteiger partial charge in [0.05, 0.1) is 22.1 Å². The molecule has 0 amide bonds. The number of carbonyl (C=O) groups is 1. The number of fused-ring (bicyclic) bond motifs is 2. The van der Waals surface area contributed by atoms with Crippen LogP contribution in [0, 0.1) is 5.92 Å². The SMILES string of the molecule is O=C(CC1CCOC1)c1cc2ccc(-c3nc(Nc4ccc(-c5cn[nH]c5)cc4)c4sccc4n3)cc2[nH]1. The molecule has 0 saturated carbocycles. The van der Waals surface area contributed by atoms with Crippen molar-refractivity contribution in [3.05, 3.63) is 78.1 Å². The van der Waals surface area contributed by atoms with Crippen LogP contribution in [0.5, 0.6) is 0 Å². The first kappa shape index (κ1) is 22.8. The van der Waals surface area contributed by atoms with E-state index in [1.807, 2.05) is 54.0 Å². The predicted molar refractivity (Wildman–Crippen MR) is 150 cm³/mol. The lowest BCUT2D eigenvalue weighted by Gasteiger charge is -2.10. The Kier molecular flexibility index (Phi) is 5.71. The maximum atomic E-state index is 12.8. The van der Waals surface area contributed by atoms with E-state index in [0.717, 1.165) is 62.3 Å². The first-order valence-electron chi connectivity index (χ1n) is 12.6. The molecule has 1 aliphatic rings. The maximum absolute atomic E-state index is 12.8. The average molecular weight is 521 g/mol. The van der Waals surface area contributed by atoms with E-state index in [9.17, 15) is 4.79 Å². The fraction of sp³-hybridized carbons (Fsp3) is 0.172. The number of benzene rings is 2. The molecule has 188 valence electrons. The Labute approximate surface area is 222 Å². The van der Waals surface area contributed by atoms with Crippen LogP contribution >= 0.6 is 11.3 Å². The highest BCUT2D eigenvalue weighted by molar-refractivity contribution is 7.17. The summed E-state index contributed by atoms with van der Waals surface area (Å²) >= 11 is 1.61. The first-order chi connectivity index (χ1) is 18.7. The van der Waals surface area contributed by atoms with E-state index in [0.29, 0.717) is 30.5 Å². The minimum atomic E-state index is 0.125. The normalized spacial score (nSPS) is 15.4. The monoisotopic (exact) mass is 520 g/mol. The van der Waals surface area contributed by atoms with Crippen molar-refractivity contribution in [3.8, 4) is 22.5 Å². The molecule has 6 aromatic rings. The third-order valence-corrected chi connectivity index (χ3v) is 7.87. The van der Waals surface area contributed by atoms with Crippen molar-refractivity contribution in [1.82, 2.24) is 25.1 Å². The van der Waals surface area contributed by atoms with Crippen molar-refractivity contribution in [3.63, 3.8) is 0 Å². The van der Waals surface area contributed by atoms with Gasteiger partial charge in [0.2, 0.25) is 0 Å². The zero-order chi connectivity index (χ0) is 25.5. The highest BCUT2D eigenvalue weighted by Gasteiger charge is 2.21. The van der Waals surface area contributed by atoms with Crippen LogP contribution in [0.4, 0.5) is 11.5 Å². The minimum Gasteiger partial charge on any atom is -0.381 e. The first-order valence-corrected chi connectivity index (χ1v) is 13.4. The van der Waals surface area contributed by atoms with Crippen LogP contribution < -0.4 is 5.32 Å². The van der Waals surface area contributed by atoms with Gasteiger partial charge in [0.15, 0.2) is 17.4 Å². The van der Waals surface area contributed by atoms with Crippen LogP contribution in [0.3, 0.4) is 0 Å². The van der Waals surface area contributed by atoms with Gasteiger partial charge >= 0.3 is 0 Å². The number of carbonyl (C=O) groups excluding carboxylic acids is 1. The molecular weight excluding hydrogens is 496 g/mol. The van der Waals surface area contributed by atoms with Crippen LogP contribution in [0.25, 0.3) is 43.6 Å². The summed E-state index contributed by atoms with van der Waals surface area (Å²) in [5, 5.41) is 13.4. The van der Waals surface area contributed by atoms with Gasteiger partial charge in [-0.25, -0.2) is 9.97 Å². The number of ketones is 1. The molecule has 0 bridgehead atoms. The second-order valence-corrected chi connectivity index (χ2v) is 10.5. The number of hydrogen-bond acceptors (Lipinski definition) is 7. The number of Topliss-reactive ketones (excluding diaryl/α,β-unsaturated/α-hetero) is 1. The molecule has 1 unspecified atom stereocenters. The zero-order valence-electron chi connectivity index (χ0n) is 20.4. The van der Waals surface area contributed by atoms with Crippen LogP contribution in [-0.2, 0) is 4.74 Å². The molecular formula is C29H24N6O2S. The van der Waals surface area contributed by atoms with E-state index in [1.165, 1.54) is 0 Å². The fourth-order valence-corrected chi connectivity index (χ4v) is 5.68. The Morgan fingerprint density at radius 3 is 2.76 bits per heavy atom. The third kappa shape index (κ3) is 4.36. The molecule has 1 aliphatic heterocycles. The summed E-state index contributed by atoms with van der Waals surface area (Å²) in [5.41, 5.74) is 6.37. The van der Waals surface area contributed by atoms with Crippen molar-refractivity contribution in [1.29, 1.82) is 0 Å². The topological polar surface area (TPSA) is 109 Å². The molecule has 1 fully saturated rings. The number of aromatic nitrogens is 5. The van der Waals surface area contributed by atoms with Gasteiger partial charge in [-0.1, -0.05) is 24.3 Å². The number of anilines is 2. The highest BCUT2D eigenvalue weighted by Crippen LogP contribution is 2.33. The number of H-pyrrole nitrogens is 2.